The smallest absolute Gasteiger partial charge is 0.305 e. The van der Waals surface area contributed by atoms with Crippen LogP contribution in [-0.2, 0) is 19.1 Å². The van der Waals surface area contributed by atoms with Crippen LogP contribution in [0.3, 0.4) is 0 Å². The Morgan fingerprint density at radius 3 is 1.56 bits per heavy atom. The summed E-state index contributed by atoms with van der Waals surface area (Å²) in [5.41, 5.74) is 2.96. The van der Waals surface area contributed by atoms with Crippen molar-refractivity contribution in [2.24, 2.45) is 0 Å². The lowest BCUT2D eigenvalue weighted by Gasteiger charge is -2.19. The van der Waals surface area contributed by atoms with E-state index < -0.39 is 0 Å². The van der Waals surface area contributed by atoms with Crippen molar-refractivity contribution < 1.29 is 23.9 Å². The van der Waals surface area contributed by atoms with Gasteiger partial charge in [-0.1, -0.05) is 18.2 Å². The standard InChI is InChI=1S/C15H21NO3.C14H21NO2/c1-3-19-15(18)6-4-5-11-16(2)14-9-7-13(12-17)8-10-14;1-3-17-14(16)11-7-8-12-15(2)13-9-5-4-6-10-13/h7-10,12H,3-6,11H2,1-2H3;4-6,9-10H,3,7-8,11-12H2,1-2H3. The number of para-hydroxylation sites is 1. The third-order valence-corrected chi connectivity index (χ3v) is 5.53. The summed E-state index contributed by atoms with van der Waals surface area (Å²) in [6.07, 6.45) is 5.49. The third kappa shape index (κ3) is 13.5. The van der Waals surface area contributed by atoms with E-state index in [1.807, 2.05) is 51.2 Å². The van der Waals surface area contributed by atoms with Crippen molar-refractivity contribution in [1.82, 2.24) is 0 Å². The number of ether oxygens (including phenoxy) is 2. The van der Waals surface area contributed by atoms with E-state index in [1.54, 1.807) is 12.1 Å². The van der Waals surface area contributed by atoms with Crippen LogP contribution in [0.1, 0.15) is 62.7 Å². The van der Waals surface area contributed by atoms with E-state index in [4.69, 9.17) is 9.47 Å². The molecular formula is C29H42N2O5. The molecule has 0 N–H and O–H groups in total. The van der Waals surface area contributed by atoms with Crippen LogP contribution in [0.2, 0.25) is 0 Å². The average molecular weight is 499 g/mol. The summed E-state index contributed by atoms with van der Waals surface area (Å²) in [6.45, 7) is 6.41. The summed E-state index contributed by atoms with van der Waals surface area (Å²) in [6, 6.07) is 17.7. The number of aldehydes is 1. The number of hydrogen-bond acceptors (Lipinski definition) is 7. The van der Waals surface area contributed by atoms with Gasteiger partial charge in [0.1, 0.15) is 6.29 Å². The summed E-state index contributed by atoms with van der Waals surface area (Å²) in [5, 5.41) is 0. The largest absolute Gasteiger partial charge is 0.466 e. The van der Waals surface area contributed by atoms with Gasteiger partial charge in [-0.05, 0) is 75.9 Å². The molecule has 0 atom stereocenters. The van der Waals surface area contributed by atoms with Gasteiger partial charge in [-0.2, -0.15) is 0 Å². The first-order valence-electron chi connectivity index (χ1n) is 12.7. The molecule has 0 aliphatic rings. The SMILES string of the molecule is CCOC(=O)CCCCN(C)c1ccc(C=O)cc1.CCOC(=O)CCCCN(C)c1ccccc1. The first-order valence-corrected chi connectivity index (χ1v) is 12.7. The molecule has 0 radical (unpaired) electrons. The van der Waals surface area contributed by atoms with Crippen LogP contribution in [0.15, 0.2) is 54.6 Å². The monoisotopic (exact) mass is 498 g/mol. The Labute approximate surface area is 216 Å². The lowest BCUT2D eigenvalue weighted by Crippen LogP contribution is -2.18. The van der Waals surface area contributed by atoms with Gasteiger partial charge in [0.05, 0.1) is 13.2 Å². The number of carbonyl (C=O) groups excluding carboxylic acids is 3. The highest BCUT2D eigenvalue weighted by Crippen LogP contribution is 2.14. The summed E-state index contributed by atoms with van der Waals surface area (Å²) >= 11 is 0. The fraction of sp³-hybridized carbons (Fsp3) is 0.483. The molecular weight excluding hydrogens is 456 g/mol. The van der Waals surface area contributed by atoms with Gasteiger partial charge in [0.15, 0.2) is 0 Å². The molecule has 0 spiro atoms. The Balaban J connectivity index is 0.000000362. The zero-order chi connectivity index (χ0) is 26.6. The molecule has 0 aromatic heterocycles. The zero-order valence-corrected chi connectivity index (χ0v) is 22.3. The fourth-order valence-corrected chi connectivity index (χ4v) is 3.45. The minimum Gasteiger partial charge on any atom is -0.466 e. The highest BCUT2D eigenvalue weighted by Gasteiger charge is 2.05. The van der Waals surface area contributed by atoms with Gasteiger partial charge in [0.25, 0.3) is 0 Å². The van der Waals surface area contributed by atoms with E-state index in [0.717, 1.165) is 50.7 Å². The first-order chi connectivity index (χ1) is 17.4. The van der Waals surface area contributed by atoms with Gasteiger partial charge in [-0.15, -0.1) is 0 Å². The lowest BCUT2D eigenvalue weighted by atomic mass is 10.2. The number of nitrogens with zero attached hydrogens (tertiary/aromatic N) is 2. The van der Waals surface area contributed by atoms with Crippen LogP contribution in [0, 0.1) is 0 Å². The third-order valence-electron chi connectivity index (χ3n) is 5.53. The normalized spacial score (nSPS) is 10.0. The van der Waals surface area contributed by atoms with Crippen molar-refractivity contribution >= 4 is 29.6 Å². The molecule has 198 valence electrons. The first kappa shape index (κ1) is 30.7. The Hall–Kier alpha value is -3.35. The van der Waals surface area contributed by atoms with Crippen molar-refractivity contribution in [1.29, 1.82) is 0 Å². The molecule has 7 heteroatoms. The topological polar surface area (TPSA) is 76.1 Å². The van der Waals surface area contributed by atoms with Gasteiger partial charge < -0.3 is 19.3 Å². The van der Waals surface area contributed by atoms with E-state index in [2.05, 4.69) is 29.0 Å². The molecule has 36 heavy (non-hydrogen) atoms. The van der Waals surface area contributed by atoms with Crippen LogP contribution >= 0.6 is 0 Å². The van der Waals surface area contributed by atoms with Crippen LogP contribution in [0.25, 0.3) is 0 Å². The predicted molar refractivity (Wildman–Crippen MR) is 146 cm³/mol. The molecule has 0 saturated heterocycles. The molecule has 0 bridgehead atoms. The van der Waals surface area contributed by atoms with Crippen molar-refractivity contribution in [3.05, 3.63) is 60.2 Å². The number of unbranched alkanes of at least 4 members (excludes halogenated alkanes) is 2. The second kappa shape index (κ2) is 18.9. The second-order valence-electron chi connectivity index (χ2n) is 8.41. The molecule has 0 amide bonds. The van der Waals surface area contributed by atoms with Crippen molar-refractivity contribution in [2.75, 3.05) is 50.2 Å². The summed E-state index contributed by atoms with van der Waals surface area (Å²) < 4.78 is 9.75. The Kier molecular flexibility index (Phi) is 16.1. The number of hydrogen-bond donors (Lipinski definition) is 0. The molecule has 2 aromatic rings. The van der Waals surface area contributed by atoms with E-state index in [0.29, 0.717) is 31.6 Å². The maximum atomic E-state index is 11.2. The second-order valence-corrected chi connectivity index (χ2v) is 8.41. The number of esters is 2. The van der Waals surface area contributed by atoms with Crippen LogP contribution in [0.5, 0.6) is 0 Å². The average Bonchev–Trinajstić information content (AvgIpc) is 2.90. The Morgan fingerprint density at radius 2 is 1.14 bits per heavy atom. The summed E-state index contributed by atoms with van der Waals surface area (Å²) in [5.74, 6) is -0.213. The zero-order valence-electron chi connectivity index (χ0n) is 22.3. The van der Waals surface area contributed by atoms with Crippen molar-refractivity contribution in [3.8, 4) is 0 Å². The van der Waals surface area contributed by atoms with Gasteiger partial charge in [0.2, 0.25) is 0 Å². The number of carbonyl (C=O) groups is 3. The Morgan fingerprint density at radius 1 is 0.694 bits per heavy atom. The highest BCUT2D eigenvalue weighted by atomic mass is 16.5. The molecule has 0 aliphatic carbocycles. The molecule has 2 aromatic carbocycles. The quantitative estimate of drug-likeness (QED) is 0.182. The van der Waals surface area contributed by atoms with E-state index >= 15 is 0 Å². The molecule has 0 fully saturated rings. The van der Waals surface area contributed by atoms with Gasteiger partial charge in [-0.3, -0.25) is 14.4 Å². The van der Waals surface area contributed by atoms with Gasteiger partial charge in [0, 0.05) is 57.0 Å². The molecule has 2 rings (SSSR count). The molecule has 0 saturated carbocycles. The minimum atomic E-state index is -0.125. The lowest BCUT2D eigenvalue weighted by molar-refractivity contribution is -0.144. The van der Waals surface area contributed by atoms with Crippen LogP contribution < -0.4 is 9.80 Å². The van der Waals surface area contributed by atoms with E-state index in [1.165, 1.54) is 5.69 Å². The number of benzene rings is 2. The molecule has 0 heterocycles. The number of rotatable bonds is 15. The Bertz CT molecular complexity index is 871. The van der Waals surface area contributed by atoms with Crippen molar-refractivity contribution in [3.63, 3.8) is 0 Å². The van der Waals surface area contributed by atoms with Crippen LogP contribution in [-0.4, -0.2) is 58.6 Å². The summed E-state index contributed by atoms with van der Waals surface area (Å²) in [7, 11) is 4.07. The molecule has 0 aliphatic heterocycles. The maximum Gasteiger partial charge on any atom is 0.305 e. The van der Waals surface area contributed by atoms with Crippen molar-refractivity contribution in [2.45, 2.75) is 52.4 Å². The molecule has 0 unspecified atom stereocenters. The number of anilines is 2. The molecule has 7 nitrogen and oxygen atoms in total. The van der Waals surface area contributed by atoms with Gasteiger partial charge in [-0.25, -0.2) is 0 Å². The highest BCUT2D eigenvalue weighted by molar-refractivity contribution is 5.75. The van der Waals surface area contributed by atoms with E-state index in [-0.39, 0.29) is 11.9 Å². The fourth-order valence-electron chi connectivity index (χ4n) is 3.45. The van der Waals surface area contributed by atoms with E-state index in [9.17, 15) is 14.4 Å². The maximum absolute atomic E-state index is 11.2. The summed E-state index contributed by atoms with van der Waals surface area (Å²) in [4.78, 5) is 37.1. The van der Waals surface area contributed by atoms with Crippen LogP contribution in [0.4, 0.5) is 11.4 Å². The predicted octanol–water partition coefficient (Wildman–Crippen LogP) is 5.52. The van der Waals surface area contributed by atoms with Gasteiger partial charge >= 0.3 is 11.9 Å². The minimum absolute atomic E-state index is 0.0881.